The molecular formula is H8Cl2N2O2. The summed E-state index contributed by atoms with van der Waals surface area (Å²) in [5.41, 5.74) is 0. The lowest BCUT2D eigenvalue weighted by Crippen LogP contribution is -0.913. The topological polar surface area (TPSA) is 110 Å². The average molecular weight is 139 g/mol. The second-order valence-corrected chi connectivity index (χ2v) is 0. The van der Waals surface area contributed by atoms with Gasteiger partial charge in [0.2, 0.25) is 0 Å². The molecule has 0 aromatic heterocycles. The van der Waals surface area contributed by atoms with Gasteiger partial charge in [0.25, 0.3) is 0 Å². The molecule has 0 aliphatic carbocycles. The first-order valence-corrected chi connectivity index (χ1v) is 1.01. The molecule has 0 atom stereocenters. The summed E-state index contributed by atoms with van der Waals surface area (Å²) in [6.45, 7) is 0. The first-order valence-electron chi connectivity index (χ1n) is 0.338. The third-order valence-corrected chi connectivity index (χ3v) is 0. The van der Waals surface area contributed by atoms with Crippen molar-refractivity contribution in [2.45, 2.75) is 0 Å². The molecule has 6 heteroatoms. The quantitative estimate of drug-likeness (QED) is 0.393. The van der Waals surface area contributed by atoms with Gasteiger partial charge in [-0.2, -0.15) is 0 Å². The van der Waals surface area contributed by atoms with Gasteiger partial charge in [-0.15, -0.1) is 0 Å². The molecule has 0 aromatic carbocycles. The molecule has 8 N–H and O–H groups in total. The lowest BCUT2D eigenvalue weighted by Gasteiger charge is -1.13. The zero-order valence-electron chi connectivity index (χ0n) is 3.06. The van der Waals surface area contributed by atoms with Gasteiger partial charge in [0.05, 0.1) is 23.7 Å². The summed E-state index contributed by atoms with van der Waals surface area (Å²) >= 11 is 7.28. The zero-order valence-corrected chi connectivity index (χ0v) is 4.58. The molecule has 0 unspecified atom stereocenters. The van der Waals surface area contributed by atoms with Gasteiger partial charge < -0.3 is 12.3 Å². The summed E-state index contributed by atoms with van der Waals surface area (Å²) in [5, 5.41) is 0. The highest BCUT2D eigenvalue weighted by Gasteiger charge is 0.899. The van der Waals surface area contributed by atoms with E-state index in [0.717, 1.165) is 0 Å². The van der Waals surface area contributed by atoms with Crippen molar-refractivity contribution in [1.29, 1.82) is 0 Å². The summed E-state index contributed by atoms with van der Waals surface area (Å²) in [5.74, 6) is 0. The van der Waals surface area contributed by atoms with Crippen molar-refractivity contribution in [2.75, 3.05) is 0 Å². The van der Waals surface area contributed by atoms with Crippen LogP contribution in [-0.4, -0.2) is 9.32 Å². The molecule has 0 radical (unpaired) electrons. The molecule has 0 aliphatic heterocycles. The van der Waals surface area contributed by atoms with Gasteiger partial charge in [0.15, 0.2) is 0 Å². The number of rotatable bonds is 0. The van der Waals surface area contributed by atoms with Crippen molar-refractivity contribution in [3.8, 4) is 0 Å². The highest BCUT2D eigenvalue weighted by atomic mass is 35.5. The van der Waals surface area contributed by atoms with Gasteiger partial charge in [0, 0.05) is 0 Å². The first-order chi connectivity index (χ1) is 2.00. The molecule has 0 aromatic rings. The third kappa shape index (κ3) is 293. The van der Waals surface area contributed by atoms with E-state index in [1.165, 1.54) is 0 Å². The lowest BCUT2D eigenvalue weighted by molar-refractivity contribution is 0.632. The highest BCUT2D eigenvalue weighted by molar-refractivity contribution is 6.05. The highest BCUT2D eigenvalue weighted by Crippen LogP contribution is 1.32. The maximum absolute atomic E-state index is 6.47. The van der Waals surface area contributed by atoms with E-state index in [1.807, 2.05) is 0 Å². The lowest BCUT2D eigenvalue weighted by atomic mass is 14.0. The summed E-state index contributed by atoms with van der Waals surface area (Å²) in [4.78, 5) is 0. The van der Waals surface area contributed by atoms with Gasteiger partial charge in [0.1, 0.15) is 0 Å². The van der Waals surface area contributed by atoms with E-state index >= 15 is 0 Å². The maximum atomic E-state index is 6.47. The van der Waals surface area contributed by atoms with E-state index in [2.05, 4.69) is 23.7 Å². The minimum absolute atomic E-state index is 0. The van der Waals surface area contributed by atoms with Crippen LogP contribution in [-0.2, 0) is 0 Å². The Kier molecular flexibility index (Phi) is 3220. The Labute approximate surface area is 46.2 Å². The molecule has 0 saturated carbocycles. The van der Waals surface area contributed by atoms with E-state index in [1.54, 1.807) is 0 Å². The van der Waals surface area contributed by atoms with Crippen molar-refractivity contribution in [3.05, 3.63) is 0 Å². The molecular weight excluding hydrogens is 131 g/mol. The minimum Gasteiger partial charge on any atom is -0.344 e. The summed E-state index contributed by atoms with van der Waals surface area (Å²) in [7, 11) is 0. The fourth-order valence-corrected chi connectivity index (χ4v) is 0. The van der Waals surface area contributed by atoms with Crippen LogP contribution in [0, 0.1) is 0 Å². The van der Waals surface area contributed by atoms with Crippen molar-refractivity contribution in [3.63, 3.8) is 0 Å². The van der Waals surface area contributed by atoms with Crippen LogP contribution in [0.2, 0.25) is 0 Å². The van der Waals surface area contributed by atoms with E-state index in [0.29, 0.717) is 0 Å². The smallest absolute Gasteiger partial charge is 0.0579 e. The van der Waals surface area contributed by atoms with Crippen molar-refractivity contribution >= 4 is 23.7 Å². The van der Waals surface area contributed by atoms with Crippen LogP contribution in [0.4, 0.5) is 0 Å². The second-order valence-electron chi connectivity index (χ2n) is 0. The number of hydrogen-bond acceptors (Lipinski definition) is 4. The van der Waals surface area contributed by atoms with Gasteiger partial charge in [-0.25, -0.2) is 0 Å². The fourth-order valence-electron chi connectivity index (χ4n) is 0. The SMILES string of the molecule is N.N.OCl.OCl. The van der Waals surface area contributed by atoms with Crippen molar-refractivity contribution in [2.24, 2.45) is 0 Å². The first kappa shape index (κ1) is 32.2. The monoisotopic (exact) mass is 138 g/mol. The molecule has 0 saturated heterocycles. The minimum atomic E-state index is 0. The molecule has 0 aliphatic rings. The molecule has 0 heterocycles. The van der Waals surface area contributed by atoms with Crippen LogP contribution in [0.3, 0.4) is 0 Å². The summed E-state index contributed by atoms with van der Waals surface area (Å²) in [6.07, 6.45) is 0. The fraction of sp³-hybridized carbons (Fsp3) is 0. The number of hydrogen-bond donors (Lipinski definition) is 4. The third-order valence-electron chi connectivity index (χ3n) is 0. The second kappa shape index (κ2) is 600. The molecule has 0 bridgehead atoms. The van der Waals surface area contributed by atoms with Crippen LogP contribution in [0.25, 0.3) is 0 Å². The Morgan fingerprint density at radius 2 is 0.667 bits per heavy atom. The van der Waals surface area contributed by atoms with Gasteiger partial charge in [-0.05, 0) is 0 Å². The maximum Gasteiger partial charge on any atom is 0.0579 e. The Hall–Kier alpha value is 0.420. The van der Waals surface area contributed by atoms with Crippen molar-refractivity contribution in [1.82, 2.24) is 12.3 Å². The van der Waals surface area contributed by atoms with Gasteiger partial charge >= 0.3 is 0 Å². The van der Waals surface area contributed by atoms with Crippen LogP contribution in [0.5, 0.6) is 0 Å². The van der Waals surface area contributed by atoms with Crippen molar-refractivity contribution < 1.29 is 9.32 Å². The Balaban J connectivity index is -0.00000000500. The number of halogens is 2. The predicted octanol–water partition coefficient (Wildman–Crippen LogP) is 0.589. The molecule has 0 fully saturated rings. The summed E-state index contributed by atoms with van der Waals surface area (Å²) in [6, 6.07) is 0. The molecule has 0 spiro atoms. The van der Waals surface area contributed by atoms with Crippen LogP contribution in [0.15, 0.2) is 0 Å². The largest absolute Gasteiger partial charge is 0.344 e. The van der Waals surface area contributed by atoms with E-state index in [-0.39, 0.29) is 12.3 Å². The Bertz CT molecular complexity index is 9.51. The van der Waals surface area contributed by atoms with Crippen LogP contribution < -0.4 is 12.3 Å². The summed E-state index contributed by atoms with van der Waals surface area (Å²) < 4.78 is 12.9. The molecule has 0 rings (SSSR count). The average Bonchev–Trinajstić information content (AvgIpc) is 1.50. The predicted molar refractivity (Wildman–Crippen MR) is 26.2 cm³/mol. The zero-order chi connectivity index (χ0) is 4.00. The Morgan fingerprint density at radius 1 is 0.667 bits per heavy atom. The standard InChI is InChI=1S/2ClHO.2H3N/c2*1-2;;/h2*2H;2*1H3. The Morgan fingerprint density at radius 3 is 0.667 bits per heavy atom. The molecule has 0 amide bonds. The van der Waals surface area contributed by atoms with Crippen LogP contribution >= 0.6 is 23.7 Å². The van der Waals surface area contributed by atoms with E-state index in [9.17, 15) is 0 Å². The molecule has 6 heavy (non-hydrogen) atoms. The normalized spacial score (nSPS) is 2.00. The molecule has 4 nitrogen and oxygen atoms in total. The van der Waals surface area contributed by atoms with Gasteiger partial charge in [-0.3, -0.25) is 9.32 Å². The van der Waals surface area contributed by atoms with E-state index in [4.69, 9.17) is 9.32 Å². The molecule has 44 valence electrons. The van der Waals surface area contributed by atoms with Gasteiger partial charge in [-0.1, -0.05) is 0 Å². The van der Waals surface area contributed by atoms with Crippen LogP contribution in [0.1, 0.15) is 0 Å². The van der Waals surface area contributed by atoms with E-state index < -0.39 is 0 Å².